The average molecular weight is 250 g/mol. The number of hydrogen-bond acceptors (Lipinski definition) is 4. The van der Waals surface area contributed by atoms with Gasteiger partial charge in [-0.2, -0.15) is 0 Å². The Morgan fingerprint density at radius 1 is 1.50 bits per heavy atom. The summed E-state index contributed by atoms with van der Waals surface area (Å²) in [6, 6.07) is 3.87. The van der Waals surface area contributed by atoms with Gasteiger partial charge in [-0.3, -0.25) is 0 Å². The highest BCUT2D eigenvalue weighted by molar-refractivity contribution is 5.38. The maximum absolute atomic E-state index is 9.44. The lowest BCUT2D eigenvalue weighted by Crippen LogP contribution is -2.33. The molecule has 0 aromatic carbocycles. The van der Waals surface area contributed by atoms with Gasteiger partial charge >= 0.3 is 0 Å². The molecule has 0 radical (unpaired) electrons. The standard InChI is InChI=1S/C14H22N2O2/c1-11(17)12-6-7-14(15-9-12)16(2)10-13-5-3-4-8-18-13/h6-7,9,11,13,17H,3-5,8,10H2,1-2H3/t11-,13?/m1/s1. The number of pyridine rings is 1. The van der Waals surface area contributed by atoms with Crippen LogP contribution in [0.5, 0.6) is 0 Å². The third kappa shape index (κ3) is 3.43. The Balaban J connectivity index is 1.93. The molecule has 1 aromatic rings. The number of likely N-dealkylation sites (N-methyl/N-ethyl adjacent to an activating group) is 1. The predicted molar refractivity (Wildman–Crippen MR) is 71.7 cm³/mol. The molecule has 0 amide bonds. The van der Waals surface area contributed by atoms with Gasteiger partial charge in [-0.1, -0.05) is 6.07 Å². The van der Waals surface area contributed by atoms with Crippen LogP contribution in [0.25, 0.3) is 0 Å². The number of ether oxygens (including phenoxy) is 1. The average Bonchev–Trinajstić information content (AvgIpc) is 2.40. The number of aliphatic hydroxyl groups excluding tert-OH is 1. The van der Waals surface area contributed by atoms with E-state index in [-0.39, 0.29) is 0 Å². The van der Waals surface area contributed by atoms with Crippen molar-refractivity contribution in [3.63, 3.8) is 0 Å². The Morgan fingerprint density at radius 2 is 2.33 bits per heavy atom. The van der Waals surface area contributed by atoms with Crippen LogP contribution in [0.3, 0.4) is 0 Å². The smallest absolute Gasteiger partial charge is 0.128 e. The molecule has 100 valence electrons. The zero-order chi connectivity index (χ0) is 13.0. The fourth-order valence-corrected chi connectivity index (χ4v) is 2.22. The van der Waals surface area contributed by atoms with Gasteiger partial charge < -0.3 is 14.7 Å². The van der Waals surface area contributed by atoms with Crippen molar-refractivity contribution in [2.75, 3.05) is 25.1 Å². The molecule has 1 N–H and O–H groups in total. The van der Waals surface area contributed by atoms with E-state index in [1.165, 1.54) is 12.8 Å². The molecule has 2 atom stereocenters. The van der Waals surface area contributed by atoms with Gasteiger partial charge in [-0.15, -0.1) is 0 Å². The van der Waals surface area contributed by atoms with Crippen molar-refractivity contribution in [2.45, 2.75) is 38.4 Å². The minimum Gasteiger partial charge on any atom is -0.389 e. The van der Waals surface area contributed by atoms with E-state index in [1.807, 2.05) is 19.2 Å². The molecule has 1 saturated heterocycles. The fourth-order valence-electron chi connectivity index (χ4n) is 2.22. The number of aromatic nitrogens is 1. The molecule has 1 aliphatic rings. The predicted octanol–water partition coefficient (Wildman–Crippen LogP) is 2.14. The molecule has 4 nitrogen and oxygen atoms in total. The molecule has 0 aliphatic carbocycles. The monoisotopic (exact) mass is 250 g/mol. The van der Waals surface area contributed by atoms with Crippen LogP contribution >= 0.6 is 0 Å². The molecule has 2 rings (SSSR count). The first kappa shape index (κ1) is 13.3. The number of rotatable bonds is 4. The zero-order valence-electron chi connectivity index (χ0n) is 11.2. The maximum Gasteiger partial charge on any atom is 0.128 e. The summed E-state index contributed by atoms with van der Waals surface area (Å²) in [5.74, 6) is 0.925. The lowest BCUT2D eigenvalue weighted by molar-refractivity contribution is 0.0215. The Hall–Kier alpha value is -1.13. The molecule has 0 spiro atoms. The van der Waals surface area contributed by atoms with Crippen molar-refractivity contribution >= 4 is 5.82 Å². The topological polar surface area (TPSA) is 45.6 Å². The summed E-state index contributed by atoms with van der Waals surface area (Å²) in [5.41, 5.74) is 0.848. The summed E-state index contributed by atoms with van der Waals surface area (Å²) in [4.78, 5) is 6.49. The van der Waals surface area contributed by atoms with Crippen LogP contribution < -0.4 is 4.90 Å². The van der Waals surface area contributed by atoms with Crippen molar-refractivity contribution in [1.29, 1.82) is 0 Å². The van der Waals surface area contributed by atoms with Crippen LogP contribution in [-0.2, 0) is 4.74 Å². The molecule has 1 fully saturated rings. The van der Waals surface area contributed by atoms with Crippen LogP contribution in [0.1, 0.15) is 37.9 Å². The first-order valence-corrected chi connectivity index (χ1v) is 6.63. The van der Waals surface area contributed by atoms with Crippen molar-refractivity contribution in [2.24, 2.45) is 0 Å². The van der Waals surface area contributed by atoms with E-state index in [2.05, 4.69) is 9.88 Å². The van der Waals surface area contributed by atoms with E-state index in [0.29, 0.717) is 6.10 Å². The summed E-state index contributed by atoms with van der Waals surface area (Å²) in [7, 11) is 2.03. The van der Waals surface area contributed by atoms with Crippen LogP contribution in [0, 0.1) is 0 Å². The molecule has 4 heteroatoms. The summed E-state index contributed by atoms with van der Waals surface area (Å²) < 4.78 is 5.72. The van der Waals surface area contributed by atoms with Gasteiger partial charge in [0.25, 0.3) is 0 Å². The highest BCUT2D eigenvalue weighted by Gasteiger charge is 2.16. The Labute approximate surface area is 109 Å². The largest absolute Gasteiger partial charge is 0.389 e. The molecular weight excluding hydrogens is 228 g/mol. The van der Waals surface area contributed by atoms with Gasteiger partial charge in [-0.05, 0) is 37.8 Å². The van der Waals surface area contributed by atoms with Crippen molar-refractivity contribution in [1.82, 2.24) is 4.98 Å². The van der Waals surface area contributed by atoms with Gasteiger partial charge in [0, 0.05) is 26.4 Å². The Kier molecular flexibility index (Phi) is 4.55. The fraction of sp³-hybridized carbons (Fsp3) is 0.643. The lowest BCUT2D eigenvalue weighted by atomic mass is 10.1. The summed E-state index contributed by atoms with van der Waals surface area (Å²) in [6.07, 6.45) is 5.17. The molecular formula is C14H22N2O2. The minimum absolute atomic E-state index is 0.321. The molecule has 1 aliphatic heterocycles. The van der Waals surface area contributed by atoms with Crippen LogP contribution in [0.4, 0.5) is 5.82 Å². The molecule has 1 unspecified atom stereocenters. The van der Waals surface area contributed by atoms with Crippen LogP contribution in [0.15, 0.2) is 18.3 Å². The van der Waals surface area contributed by atoms with E-state index in [0.717, 1.165) is 31.0 Å². The first-order valence-electron chi connectivity index (χ1n) is 6.63. The summed E-state index contributed by atoms with van der Waals surface area (Å²) in [6.45, 7) is 3.50. The van der Waals surface area contributed by atoms with Gasteiger partial charge in [0.2, 0.25) is 0 Å². The van der Waals surface area contributed by atoms with E-state index >= 15 is 0 Å². The number of nitrogens with zero attached hydrogens (tertiary/aromatic N) is 2. The van der Waals surface area contributed by atoms with E-state index in [9.17, 15) is 5.11 Å². The number of aliphatic hydroxyl groups is 1. The maximum atomic E-state index is 9.44. The highest BCUT2D eigenvalue weighted by Crippen LogP contribution is 2.18. The van der Waals surface area contributed by atoms with Crippen LogP contribution in [0.2, 0.25) is 0 Å². The first-order chi connectivity index (χ1) is 8.66. The van der Waals surface area contributed by atoms with E-state index in [1.54, 1.807) is 13.1 Å². The summed E-state index contributed by atoms with van der Waals surface area (Å²) in [5, 5.41) is 9.44. The van der Waals surface area contributed by atoms with Crippen LogP contribution in [-0.4, -0.2) is 36.4 Å². The summed E-state index contributed by atoms with van der Waals surface area (Å²) >= 11 is 0. The number of hydrogen-bond donors (Lipinski definition) is 1. The SMILES string of the molecule is C[C@@H](O)c1ccc(N(C)CC2CCCCO2)nc1. The van der Waals surface area contributed by atoms with Crippen molar-refractivity contribution in [3.05, 3.63) is 23.9 Å². The zero-order valence-corrected chi connectivity index (χ0v) is 11.2. The second-order valence-electron chi connectivity index (χ2n) is 4.99. The Morgan fingerprint density at radius 3 is 2.89 bits per heavy atom. The van der Waals surface area contributed by atoms with Crippen molar-refractivity contribution in [3.8, 4) is 0 Å². The van der Waals surface area contributed by atoms with Gasteiger partial charge in [-0.25, -0.2) is 4.98 Å². The Bertz CT molecular complexity index is 359. The van der Waals surface area contributed by atoms with E-state index < -0.39 is 6.10 Å². The second kappa shape index (κ2) is 6.16. The third-order valence-corrected chi connectivity index (χ3v) is 3.40. The highest BCUT2D eigenvalue weighted by atomic mass is 16.5. The molecule has 18 heavy (non-hydrogen) atoms. The van der Waals surface area contributed by atoms with Gasteiger partial charge in [0.1, 0.15) is 5.82 Å². The molecule has 0 bridgehead atoms. The quantitative estimate of drug-likeness (QED) is 0.889. The number of anilines is 1. The second-order valence-corrected chi connectivity index (χ2v) is 4.99. The van der Waals surface area contributed by atoms with Gasteiger partial charge in [0.15, 0.2) is 0 Å². The molecule has 1 aromatic heterocycles. The third-order valence-electron chi connectivity index (χ3n) is 3.40. The van der Waals surface area contributed by atoms with Crippen molar-refractivity contribution < 1.29 is 9.84 Å². The molecule has 0 saturated carbocycles. The normalized spacial score (nSPS) is 21.6. The van der Waals surface area contributed by atoms with Gasteiger partial charge in [0.05, 0.1) is 12.2 Å². The lowest BCUT2D eigenvalue weighted by Gasteiger charge is -2.28. The molecule has 2 heterocycles. The van der Waals surface area contributed by atoms with E-state index in [4.69, 9.17) is 4.74 Å². The minimum atomic E-state index is -0.460.